The third kappa shape index (κ3) is 2.96. The van der Waals surface area contributed by atoms with Gasteiger partial charge in [0.1, 0.15) is 0 Å². The monoisotopic (exact) mass is 364 g/mol. The van der Waals surface area contributed by atoms with Gasteiger partial charge in [0.25, 0.3) is 0 Å². The van der Waals surface area contributed by atoms with Crippen molar-refractivity contribution in [1.29, 1.82) is 0 Å². The van der Waals surface area contributed by atoms with E-state index in [1.165, 1.54) is 28.9 Å². The van der Waals surface area contributed by atoms with Gasteiger partial charge in [0.15, 0.2) is 17.2 Å². The Morgan fingerprint density at radius 2 is 2.04 bits per heavy atom. The Morgan fingerprint density at radius 3 is 2.65 bits per heavy atom. The zero-order valence-corrected chi connectivity index (χ0v) is 13.9. The van der Waals surface area contributed by atoms with E-state index in [2.05, 4.69) is 9.97 Å². The third-order valence-electron chi connectivity index (χ3n) is 4.27. The number of hydrogen-bond donors (Lipinski definition) is 2. The number of fused-ring (bicyclic) bond motifs is 1. The fourth-order valence-corrected chi connectivity index (χ4v) is 2.69. The van der Waals surface area contributed by atoms with Crippen molar-refractivity contribution in [2.45, 2.75) is 25.9 Å². The number of imidazole rings is 1. The highest BCUT2D eigenvalue weighted by Crippen LogP contribution is 2.37. The second kappa shape index (κ2) is 6.01. The van der Waals surface area contributed by atoms with E-state index in [9.17, 15) is 18.0 Å². The lowest BCUT2D eigenvalue weighted by molar-refractivity contribution is -0.146. The summed E-state index contributed by atoms with van der Waals surface area (Å²) in [6, 6.07) is 4.46. The maximum Gasteiger partial charge on any atom is 0.395 e. The van der Waals surface area contributed by atoms with Gasteiger partial charge in [-0.25, -0.2) is 14.8 Å². The number of carbonyl (C=O) groups is 1. The number of anilines is 1. The van der Waals surface area contributed by atoms with Crippen LogP contribution >= 0.6 is 0 Å². The molecule has 3 rings (SSSR count). The lowest BCUT2D eigenvalue weighted by Gasteiger charge is -2.17. The number of carboxylic acid groups (broad SMARTS) is 1. The molecule has 0 aliphatic carbocycles. The highest BCUT2D eigenvalue weighted by Gasteiger charge is 2.37. The van der Waals surface area contributed by atoms with Crippen LogP contribution in [-0.2, 0) is 0 Å². The van der Waals surface area contributed by atoms with E-state index in [1.807, 2.05) is 0 Å². The molecule has 0 spiro atoms. The van der Waals surface area contributed by atoms with Crippen molar-refractivity contribution in [2.75, 3.05) is 5.73 Å². The van der Waals surface area contributed by atoms with Gasteiger partial charge in [-0.3, -0.25) is 4.40 Å². The van der Waals surface area contributed by atoms with E-state index in [0.717, 1.165) is 12.5 Å². The van der Waals surface area contributed by atoms with Gasteiger partial charge in [-0.05, 0) is 31.0 Å². The van der Waals surface area contributed by atoms with Crippen LogP contribution in [0.4, 0.5) is 19.0 Å². The molecule has 3 N–H and O–H groups in total. The molecule has 0 saturated heterocycles. The first-order valence-electron chi connectivity index (χ1n) is 7.64. The number of aromatic carboxylic acids is 1. The molecule has 1 unspecified atom stereocenters. The molecule has 1 aromatic carbocycles. The summed E-state index contributed by atoms with van der Waals surface area (Å²) in [5, 5.41) is 9.15. The van der Waals surface area contributed by atoms with Crippen molar-refractivity contribution in [3.63, 3.8) is 0 Å². The molecule has 136 valence electrons. The molecule has 2 heterocycles. The van der Waals surface area contributed by atoms with Crippen LogP contribution in [0.2, 0.25) is 0 Å². The lowest BCUT2D eigenvalue weighted by atomic mass is 9.95. The molecule has 0 aliphatic rings. The van der Waals surface area contributed by atoms with Gasteiger partial charge >= 0.3 is 12.1 Å². The second-order valence-electron chi connectivity index (χ2n) is 5.99. The van der Waals surface area contributed by atoms with E-state index >= 15 is 0 Å². The van der Waals surface area contributed by atoms with Crippen LogP contribution in [0.15, 0.2) is 30.6 Å². The SMILES string of the molecule is Cc1ccc(C(C)C(F)(F)F)cc1-c1cnc2c(N)nc(C(=O)O)cn12. The summed E-state index contributed by atoms with van der Waals surface area (Å²) in [5.41, 5.74) is 7.47. The van der Waals surface area contributed by atoms with Crippen molar-refractivity contribution in [3.05, 3.63) is 47.4 Å². The molecule has 3 aromatic rings. The molecule has 0 amide bonds. The molecule has 26 heavy (non-hydrogen) atoms. The predicted molar refractivity (Wildman–Crippen MR) is 89.0 cm³/mol. The second-order valence-corrected chi connectivity index (χ2v) is 5.99. The molecule has 1 atom stereocenters. The smallest absolute Gasteiger partial charge is 0.395 e. The van der Waals surface area contributed by atoms with Crippen molar-refractivity contribution >= 4 is 17.4 Å². The average molecular weight is 364 g/mol. The zero-order chi connectivity index (χ0) is 19.2. The number of nitrogens with zero attached hydrogens (tertiary/aromatic N) is 3. The van der Waals surface area contributed by atoms with Crippen LogP contribution in [0.1, 0.15) is 34.5 Å². The Kier molecular flexibility index (Phi) is 4.09. The predicted octanol–water partition coefficient (Wildman–Crippen LogP) is 3.65. The van der Waals surface area contributed by atoms with E-state index < -0.39 is 18.1 Å². The number of halogens is 3. The molecule has 6 nitrogen and oxygen atoms in total. The highest BCUT2D eigenvalue weighted by atomic mass is 19.4. The van der Waals surface area contributed by atoms with Crippen molar-refractivity contribution < 1.29 is 23.1 Å². The maximum absolute atomic E-state index is 13.0. The summed E-state index contributed by atoms with van der Waals surface area (Å²) >= 11 is 0. The number of hydrogen-bond acceptors (Lipinski definition) is 4. The number of alkyl halides is 3. The van der Waals surface area contributed by atoms with Gasteiger partial charge in [0.2, 0.25) is 0 Å². The van der Waals surface area contributed by atoms with Gasteiger partial charge in [-0.1, -0.05) is 12.1 Å². The quantitative estimate of drug-likeness (QED) is 0.740. The zero-order valence-electron chi connectivity index (χ0n) is 13.9. The maximum atomic E-state index is 13.0. The summed E-state index contributed by atoms with van der Waals surface area (Å²) in [7, 11) is 0. The Balaban J connectivity index is 2.22. The van der Waals surface area contributed by atoms with Crippen LogP contribution in [-0.4, -0.2) is 31.6 Å². The normalized spacial score (nSPS) is 13.1. The fourth-order valence-electron chi connectivity index (χ4n) is 2.69. The van der Waals surface area contributed by atoms with E-state index in [0.29, 0.717) is 11.3 Å². The van der Waals surface area contributed by atoms with Gasteiger partial charge < -0.3 is 10.8 Å². The lowest BCUT2D eigenvalue weighted by Crippen LogP contribution is -2.17. The van der Waals surface area contributed by atoms with Crippen LogP contribution in [0.25, 0.3) is 16.9 Å². The Morgan fingerprint density at radius 1 is 1.35 bits per heavy atom. The minimum absolute atomic E-state index is 0.0754. The molecule has 0 saturated carbocycles. The number of carboxylic acids is 1. The van der Waals surface area contributed by atoms with Crippen molar-refractivity contribution in [1.82, 2.24) is 14.4 Å². The van der Waals surface area contributed by atoms with E-state index in [1.54, 1.807) is 13.0 Å². The van der Waals surface area contributed by atoms with Gasteiger partial charge in [0.05, 0.1) is 17.8 Å². The van der Waals surface area contributed by atoms with E-state index in [4.69, 9.17) is 10.8 Å². The Labute approximate surface area is 146 Å². The molecule has 0 bridgehead atoms. The Hall–Kier alpha value is -3.10. The van der Waals surface area contributed by atoms with Crippen LogP contribution in [0, 0.1) is 6.92 Å². The molecule has 2 aromatic heterocycles. The number of aryl methyl sites for hydroxylation is 1. The van der Waals surface area contributed by atoms with Crippen LogP contribution in [0.5, 0.6) is 0 Å². The van der Waals surface area contributed by atoms with Gasteiger partial charge in [-0.15, -0.1) is 0 Å². The summed E-state index contributed by atoms with van der Waals surface area (Å²) in [5.74, 6) is -2.98. The summed E-state index contributed by atoms with van der Waals surface area (Å²) < 4.78 is 40.6. The van der Waals surface area contributed by atoms with Gasteiger partial charge in [0, 0.05) is 11.8 Å². The molecular formula is C17H15F3N4O2. The number of aromatic nitrogens is 3. The minimum atomic E-state index is -4.36. The first-order chi connectivity index (χ1) is 12.1. The molecule has 0 fully saturated rings. The summed E-state index contributed by atoms with van der Waals surface area (Å²) in [4.78, 5) is 19.1. The highest BCUT2D eigenvalue weighted by molar-refractivity contribution is 5.87. The number of rotatable bonds is 3. The number of benzene rings is 1. The molecule has 9 heteroatoms. The van der Waals surface area contributed by atoms with Crippen molar-refractivity contribution in [3.8, 4) is 11.3 Å². The van der Waals surface area contributed by atoms with E-state index in [-0.39, 0.29) is 22.7 Å². The Bertz CT molecular complexity index is 1010. The summed E-state index contributed by atoms with van der Waals surface area (Å²) in [6.07, 6.45) is -1.68. The summed E-state index contributed by atoms with van der Waals surface area (Å²) in [6.45, 7) is 2.84. The average Bonchev–Trinajstić information content (AvgIpc) is 2.98. The number of nitrogens with two attached hydrogens (primary N) is 1. The number of nitrogen functional groups attached to an aromatic ring is 1. The minimum Gasteiger partial charge on any atom is -0.476 e. The molecule has 0 radical (unpaired) electrons. The first-order valence-corrected chi connectivity index (χ1v) is 7.64. The fraction of sp³-hybridized carbons (Fsp3) is 0.235. The van der Waals surface area contributed by atoms with Gasteiger partial charge in [-0.2, -0.15) is 13.2 Å². The molecular weight excluding hydrogens is 349 g/mol. The standard InChI is InChI=1S/C17H15F3N4O2/c1-8-3-4-10(9(2)17(18,19)20)5-11(8)13-6-22-15-14(21)23-12(16(25)26)7-24(13)15/h3-7,9H,1-2H3,(H2,21,23)(H,25,26). The molecule has 0 aliphatic heterocycles. The van der Waals surface area contributed by atoms with Crippen LogP contribution in [0.3, 0.4) is 0 Å². The van der Waals surface area contributed by atoms with Crippen molar-refractivity contribution in [2.24, 2.45) is 0 Å². The largest absolute Gasteiger partial charge is 0.476 e. The first kappa shape index (κ1) is 17.7. The topological polar surface area (TPSA) is 93.5 Å². The van der Waals surface area contributed by atoms with Crippen LogP contribution < -0.4 is 5.73 Å². The third-order valence-corrected chi connectivity index (χ3v) is 4.27.